The summed E-state index contributed by atoms with van der Waals surface area (Å²) in [6, 6.07) is 4.30. The number of hydrogen-bond donors (Lipinski definition) is 0. The second-order valence-corrected chi connectivity index (χ2v) is 7.95. The lowest BCUT2D eigenvalue weighted by Gasteiger charge is -2.30. The summed E-state index contributed by atoms with van der Waals surface area (Å²) in [5, 5.41) is 13.3. The Balaban J connectivity index is 1.55. The van der Waals surface area contributed by atoms with Crippen molar-refractivity contribution in [3.05, 3.63) is 41.5 Å². The van der Waals surface area contributed by atoms with Gasteiger partial charge in [0.25, 0.3) is 6.43 Å². The van der Waals surface area contributed by atoms with E-state index in [0.29, 0.717) is 16.8 Å². The average molecular weight is 429 g/mol. The normalized spacial score (nSPS) is 16.2. The van der Waals surface area contributed by atoms with Crippen LogP contribution in [0.5, 0.6) is 0 Å². The lowest BCUT2D eigenvalue weighted by Crippen LogP contribution is -2.34. The van der Waals surface area contributed by atoms with E-state index in [2.05, 4.69) is 32.1 Å². The van der Waals surface area contributed by atoms with Crippen LogP contribution in [0.15, 0.2) is 24.4 Å². The Kier molecular flexibility index (Phi) is 4.88. The van der Waals surface area contributed by atoms with Gasteiger partial charge in [-0.05, 0) is 44.5 Å². The predicted molar refractivity (Wildman–Crippen MR) is 110 cm³/mol. The van der Waals surface area contributed by atoms with E-state index >= 15 is 0 Å². The van der Waals surface area contributed by atoms with Gasteiger partial charge in [0.2, 0.25) is 0 Å². The van der Waals surface area contributed by atoms with E-state index in [4.69, 9.17) is 0 Å². The van der Waals surface area contributed by atoms with Crippen LogP contribution in [0.4, 0.5) is 13.2 Å². The van der Waals surface area contributed by atoms with Crippen LogP contribution in [0, 0.1) is 12.7 Å². The number of aryl methyl sites for hydroxylation is 1. The number of alkyl halides is 2. The molecule has 0 atom stereocenters. The van der Waals surface area contributed by atoms with Crippen molar-refractivity contribution < 1.29 is 13.2 Å². The Hall–Kier alpha value is -3.01. The molecular weight excluding hydrogens is 407 g/mol. The van der Waals surface area contributed by atoms with Crippen LogP contribution in [0.25, 0.3) is 27.9 Å². The molecule has 5 rings (SSSR count). The highest BCUT2D eigenvalue weighted by Crippen LogP contribution is 2.30. The summed E-state index contributed by atoms with van der Waals surface area (Å²) >= 11 is 0. The number of rotatable bonds is 4. The van der Waals surface area contributed by atoms with Crippen molar-refractivity contribution in [2.75, 3.05) is 19.6 Å². The fraction of sp³-hybridized carbons (Fsp3) is 0.429. The molecule has 1 saturated heterocycles. The Labute approximate surface area is 176 Å². The molecule has 0 amide bonds. The number of fused-ring (bicyclic) bond motifs is 2. The first-order valence-electron chi connectivity index (χ1n) is 10.4. The monoisotopic (exact) mass is 429 g/mol. The van der Waals surface area contributed by atoms with Gasteiger partial charge in [0, 0.05) is 18.7 Å². The molecule has 162 valence electrons. The second-order valence-electron chi connectivity index (χ2n) is 7.95. The number of nitrogens with zero attached hydrogens (tertiary/aromatic N) is 7. The Bertz CT molecular complexity index is 1260. The van der Waals surface area contributed by atoms with Crippen molar-refractivity contribution in [1.82, 2.24) is 34.5 Å². The molecule has 1 fully saturated rings. The Morgan fingerprint density at radius 2 is 1.87 bits per heavy atom. The minimum absolute atomic E-state index is 0.0992. The minimum atomic E-state index is -2.73. The fourth-order valence-corrected chi connectivity index (χ4v) is 4.19. The smallest absolute Gasteiger partial charge is 0.267 e. The summed E-state index contributed by atoms with van der Waals surface area (Å²) in [7, 11) is 0. The molecule has 0 unspecified atom stereocenters. The van der Waals surface area contributed by atoms with E-state index < -0.39 is 12.2 Å². The predicted octanol–water partition coefficient (Wildman–Crippen LogP) is 4.18. The first-order chi connectivity index (χ1) is 14.9. The van der Waals surface area contributed by atoms with Crippen molar-refractivity contribution >= 4 is 16.7 Å². The summed E-state index contributed by atoms with van der Waals surface area (Å²) in [6.45, 7) is 6.76. The maximum absolute atomic E-state index is 14.9. The molecule has 7 nitrogen and oxygen atoms in total. The van der Waals surface area contributed by atoms with Crippen LogP contribution in [-0.2, 0) is 0 Å². The molecule has 4 aromatic rings. The molecule has 1 aliphatic heterocycles. The number of halogens is 3. The number of hydrogen-bond acceptors (Lipinski definition) is 5. The number of aromatic nitrogens is 6. The largest absolute Gasteiger partial charge is 0.303 e. The maximum atomic E-state index is 14.9. The van der Waals surface area contributed by atoms with Crippen molar-refractivity contribution in [3.8, 4) is 11.3 Å². The molecule has 1 aromatic carbocycles. The van der Waals surface area contributed by atoms with Gasteiger partial charge in [-0.2, -0.15) is 15.0 Å². The van der Waals surface area contributed by atoms with Gasteiger partial charge in [-0.25, -0.2) is 22.7 Å². The lowest BCUT2D eigenvalue weighted by molar-refractivity contribution is 0.152. The first kappa shape index (κ1) is 19.9. The highest BCUT2D eigenvalue weighted by Gasteiger charge is 2.23. The second kappa shape index (κ2) is 7.60. The molecule has 0 saturated carbocycles. The molecule has 3 aromatic heterocycles. The quantitative estimate of drug-likeness (QED) is 0.487. The molecule has 0 radical (unpaired) electrons. The Morgan fingerprint density at radius 1 is 1.10 bits per heavy atom. The molecule has 0 bridgehead atoms. The number of likely N-dealkylation sites (tertiary alicyclic amines) is 1. The topological polar surface area (TPSA) is 64.1 Å². The van der Waals surface area contributed by atoms with Crippen molar-refractivity contribution in [3.63, 3.8) is 0 Å². The van der Waals surface area contributed by atoms with Crippen LogP contribution >= 0.6 is 0 Å². The van der Waals surface area contributed by atoms with Crippen LogP contribution in [0.2, 0.25) is 0 Å². The molecule has 4 heterocycles. The van der Waals surface area contributed by atoms with E-state index in [-0.39, 0.29) is 28.5 Å². The van der Waals surface area contributed by atoms with Crippen LogP contribution in [0.1, 0.15) is 43.5 Å². The van der Waals surface area contributed by atoms with Gasteiger partial charge in [-0.3, -0.25) is 0 Å². The highest BCUT2D eigenvalue weighted by molar-refractivity contribution is 5.81. The summed E-state index contributed by atoms with van der Waals surface area (Å²) < 4.78 is 43.4. The third kappa shape index (κ3) is 3.54. The zero-order chi connectivity index (χ0) is 21.7. The zero-order valence-electron chi connectivity index (χ0n) is 17.3. The molecule has 31 heavy (non-hydrogen) atoms. The third-order valence-electron chi connectivity index (χ3n) is 5.89. The van der Waals surface area contributed by atoms with E-state index in [1.165, 1.54) is 16.6 Å². The summed E-state index contributed by atoms with van der Waals surface area (Å²) in [6.07, 6.45) is 0.645. The van der Waals surface area contributed by atoms with Crippen LogP contribution in [0.3, 0.4) is 0 Å². The zero-order valence-corrected chi connectivity index (χ0v) is 17.3. The van der Waals surface area contributed by atoms with Gasteiger partial charge in [-0.15, -0.1) is 5.10 Å². The first-order valence-corrected chi connectivity index (χ1v) is 10.4. The van der Waals surface area contributed by atoms with Crippen LogP contribution < -0.4 is 0 Å². The van der Waals surface area contributed by atoms with Gasteiger partial charge in [-0.1, -0.05) is 6.92 Å². The summed E-state index contributed by atoms with van der Waals surface area (Å²) in [5.74, 6) is -0.549. The van der Waals surface area contributed by atoms with Gasteiger partial charge >= 0.3 is 0 Å². The number of imidazole rings is 1. The molecule has 0 N–H and O–H groups in total. The molecule has 1 aliphatic rings. The fourth-order valence-electron chi connectivity index (χ4n) is 4.19. The van der Waals surface area contributed by atoms with Crippen molar-refractivity contribution in [1.29, 1.82) is 0 Å². The standard InChI is InChI=1S/C21H22F3N7/c1-3-29-6-4-14(5-7-29)31-27-18-9-13(8-16(22)19(18)28-31)17-10-15(20(23)24)21-25-12(2)11-30(21)26-17/h8-11,14,20H,3-7H2,1-2H3. The molecule has 10 heteroatoms. The molecule has 0 spiro atoms. The van der Waals surface area contributed by atoms with E-state index in [1.807, 2.05) is 0 Å². The van der Waals surface area contributed by atoms with Crippen molar-refractivity contribution in [2.24, 2.45) is 0 Å². The van der Waals surface area contributed by atoms with Gasteiger partial charge in [0.1, 0.15) is 11.0 Å². The SMILES string of the molecule is CCN1CCC(n2nc3cc(-c4cc(C(F)F)c5nc(C)cn5n4)cc(F)c3n2)CC1. The highest BCUT2D eigenvalue weighted by atomic mass is 19.3. The molecule has 0 aliphatic carbocycles. The molecular formula is C21H22F3N7. The average Bonchev–Trinajstić information content (AvgIpc) is 3.35. The number of piperidine rings is 1. The van der Waals surface area contributed by atoms with E-state index in [0.717, 1.165) is 32.5 Å². The number of benzene rings is 1. The van der Waals surface area contributed by atoms with Gasteiger partial charge in [0.05, 0.1) is 29.2 Å². The van der Waals surface area contributed by atoms with Gasteiger partial charge in [0.15, 0.2) is 11.5 Å². The summed E-state index contributed by atoms with van der Waals surface area (Å²) in [4.78, 5) is 8.08. The third-order valence-corrected chi connectivity index (χ3v) is 5.89. The minimum Gasteiger partial charge on any atom is -0.303 e. The van der Waals surface area contributed by atoms with Crippen LogP contribution in [-0.4, -0.2) is 54.1 Å². The Morgan fingerprint density at radius 3 is 2.58 bits per heavy atom. The van der Waals surface area contributed by atoms with Gasteiger partial charge < -0.3 is 4.90 Å². The van der Waals surface area contributed by atoms with E-state index in [9.17, 15) is 13.2 Å². The van der Waals surface area contributed by atoms with E-state index in [1.54, 1.807) is 24.0 Å². The summed E-state index contributed by atoms with van der Waals surface area (Å²) in [5.41, 5.74) is 1.59. The maximum Gasteiger partial charge on any atom is 0.267 e. The lowest BCUT2D eigenvalue weighted by atomic mass is 10.1. The van der Waals surface area contributed by atoms with Crippen molar-refractivity contribution in [2.45, 2.75) is 39.2 Å².